The minimum Gasteiger partial charge on any atom is -0.351 e. The third kappa shape index (κ3) is 2.41. The highest BCUT2D eigenvalue weighted by atomic mass is 19.1. The zero-order chi connectivity index (χ0) is 12.4. The Labute approximate surface area is 97.0 Å². The van der Waals surface area contributed by atoms with Crippen molar-refractivity contribution in [3.63, 3.8) is 0 Å². The molecule has 6 heteroatoms. The number of nitrogens with two attached hydrogens (primary N) is 1. The van der Waals surface area contributed by atoms with Crippen LogP contribution in [0.2, 0.25) is 0 Å². The lowest BCUT2D eigenvalue weighted by atomic mass is 10.1. The number of rotatable bonds is 2. The lowest BCUT2D eigenvalue weighted by molar-refractivity contribution is 0.259. The molecule has 3 N–H and O–H groups in total. The van der Waals surface area contributed by atoms with Gasteiger partial charge in [-0.15, -0.1) is 0 Å². The number of anilines is 1. The molecule has 0 radical (unpaired) electrons. The van der Waals surface area contributed by atoms with Crippen LogP contribution in [-0.2, 0) is 7.05 Å². The van der Waals surface area contributed by atoms with Gasteiger partial charge in [-0.2, -0.15) is 5.10 Å². The van der Waals surface area contributed by atoms with Gasteiger partial charge in [0.1, 0.15) is 11.6 Å². The zero-order valence-corrected chi connectivity index (χ0v) is 9.14. The number of hydrogen-bond acceptors (Lipinski definition) is 2. The monoisotopic (exact) mass is 234 g/mol. The summed E-state index contributed by atoms with van der Waals surface area (Å²) in [6, 6.07) is 7.02. The summed E-state index contributed by atoms with van der Waals surface area (Å²) in [5.74, 6) is 0.120. The van der Waals surface area contributed by atoms with E-state index in [0.29, 0.717) is 17.1 Å². The number of halogens is 1. The molecule has 0 unspecified atom stereocenters. The molecule has 2 aromatic rings. The molecule has 2 rings (SSSR count). The highest BCUT2D eigenvalue weighted by Crippen LogP contribution is 2.21. The molecule has 17 heavy (non-hydrogen) atoms. The third-order valence-corrected chi connectivity index (χ3v) is 2.25. The molecular formula is C11H11FN4O. The second kappa shape index (κ2) is 4.25. The van der Waals surface area contributed by atoms with Crippen molar-refractivity contribution in [3.05, 3.63) is 36.1 Å². The summed E-state index contributed by atoms with van der Waals surface area (Å²) in [5, 5.41) is 6.58. The molecule has 1 heterocycles. The van der Waals surface area contributed by atoms with Crippen molar-refractivity contribution in [2.24, 2.45) is 12.8 Å². The normalized spacial score (nSPS) is 10.2. The molecule has 0 bridgehead atoms. The maximum atomic E-state index is 13.0. The number of aryl methyl sites for hydroxylation is 1. The Morgan fingerprint density at radius 3 is 2.88 bits per heavy atom. The number of urea groups is 1. The van der Waals surface area contributed by atoms with Gasteiger partial charge >= 0.3 is 6.03 Å². The van der Waals surface area contributed by atoms with Gasteiger partial charge in [-0.05, 0) is 12.1 Å². The van der Waals surface area contributed by atoms with E-state index in [2.05, 4.69) is 10.4 Å². The van der Waals surface area contributed by atoms with Gasteiger partial charge in [0.25, 0.3) is 0 Å². The van der Waals surface area contributed by atoms with Crippen molar-refractivity contribution in [2.45, 2.75) is 0 Å². The van der Waals surface area contributed by atoms with E-state index >= 15 is 0 Å². The van der Waals surface area contributed by atoms with Crippen molar-refractivity contribution in [2.75, 3.05) is 5.32 Å². The molecule has 0 spiro atoms. The second-order valence-electron chi connectivity index (χ2n) is 3.54. The van der Waals surface area contributed by atoms with Crippen molar-refractivity contribution in [1.82, 2.24) is 9.78 Å². The maximum absolute atomic E-state index is 13.0. The Morgan fingerprint density at radius 2 is 2.24 bits per heavy atom. The molecular weight excluding hydrogens is 223 g/mol. The number of hydrogen-bond donors (Lipinski definition) is 2. The summed E-state index contributed by atoms with van der Waals surface area (Å²) in [7, 11) is 1.66. The van der Waals surface area contributed by atoms with Gasteiger partial charge in [0.15, 0.2) is 0 Å². The summed E-state index contributed by atoms with van der Waals surface area (Å²) in [6.45, 7) is 0. The second-order valence-corrected chi connectivity index (χ2v) is 3.54. The standard InChI is InChI=1S/C11H11FN4O/c1-16-10(14-11(13)17)6-9(15-16)7-3-2-4-8(12)5-7/h2-6H,1H3,(H3,13,14,17). The SMILES string of the molecule is Cn1nc(-c2cccc(F)c2)cc1NC(N)=O. The summed E-state index contributed by atoms with van der Waals surface area (Å²) < 4.78 is 14.5. The van der Waals surface area contributed by atoms with Crippen LogP contribution in [-0.4, -0.2) is 15.8 Å². The van der Waals surface area contributed by atoms with Gasteiger partial charge in [-0.25, -0.2) is 9.18 Å². The summed E-state index contributed by atoms with van der Waals surface area (Å²) in [4.78, 5) is 10.7. The molecule has 0 aliphatic heterocycles. The number of nitrogens with one attached hydrogen (secondary N) is 1. The highest BCUT2D eigenvalue weighted by Gasteiger charge is 2.08. The predicted molar refractivity (Wildman–Crippen MR) is 61.8 cm³/mol. The molecule has 0 atom stereocenters. The van der Waals surface area contributed by atoms with Crippen LogP contribution in [0.25, 0.3) is 11.3 Å². The van der Waals surface area contributed by atoms with Gasteiger partial charge in [0, 0.05) is 18.7 Å². The summed E-state index contributed by atoms with van der Waals surface area (Å²) >= 11 is 0. The maximum Gasteiger partial charge on any atom is 0.317 e. The number of primary amides is 1. The average Bonchev–Trinajstić information content (AvgIpc) is 2.59. The van der Waals surface area contributed by atoms with E-state index in [4.69, 9.17) is 5.73 Å². The Kier molecular flexibility index (Phi) is 2.78. The number of carbonyl (C=O) groups excluding carboxylic acids is 1. The molecule has 0 saturated carbocycles. The Hall–Kier alpha value is -2.37. The number of amides is 2. The van der Waals surface area contributed by atoms with E-state index in [-0.39, 0.29) is 5.82 Å². The lowest BCUT2D eigenvalue weighted by Crippen LogP contribution is -2.20. The molecule has 1 aromatic carbocycles. The van der Waals surface area contributed by atoms with E-state index in [0.717, 1.165) is 0 Å². The van der Waals surface area contributed by atoms with E-state index in [9.17, 15) is 9.18 Å². The van der Waals surface area contributed by atoms with Crippen LogP contribution in [0.4, 0.5) is 15.0 Å². The first-order valence-electron chi connectivity index (χ1n) is 4.92. The summed E-state index contributed by atoms with van der Waals surface area (Å²) in [5.41, 5.74) is 6.22. The van der Waals surface area contributed by atoms with Gasteiger partial charge < -0.3 is 5.73 Å². The van der Waals surface area contributed by atoms with Crippen molar-refractivity contribution in [1.29, 1.82) is 0 Å². The van der Waals surface area contributed by atoms with Gasteiger partial charge in [-0.1, -0.05) is 12.1 Å². The summed E-state index contributed by atoms with van der Waals surface area (Å²) in [6.07, 6.45) is 0. The minimum atomic E-state index is -0.668. The first-order chi connectivity index (χ1) is 8.06. The lowest BCUT2D eigenvalue weighted by Gasteiger charge is -1.99. The fourth-order valence-corrected chi connectivity index (χ4v) is 1.50. The van der Waals surface area contributed by atoms with Crippen molar-refractivity contribution >= 4 is 11.8 Å². The minimum absolute atomic E-state index is 0.336. The Balaban J connectivity index is 2.37. The average molecular weight is 234 g/mol. The van der Waals surface area contributed by atoms with Gasteiger partial charge in [0.2, 0.25) is 0 Å². The largest absolute Gasteiger partial charge is 0.351 e. The number of carbonyl (C=O) groups is 1. The van der Waals surface area contributed by atoms with Crippen LogP contribution in [0, 0.1) is 5.82 Å². The quantitative estimate of drug-likeness (QED) is 0.830. The molecule has 5 nitrogen and oxygen atoms in total. The van der Waals surface area contributed by atoms with Crippen LogP contribution in [0.15, 0.2) is 30.3 Å². The fourth-order valence-electron chi connectivity index (χ4n) is 1.50. The van der Waals surface area contributed by atoms with E-state index in [1.54, 1.807) is 25.2 Å². The molecule has 88 valence electrons. The third-order valence-electron chi connectivity index (χ3n) is 2.25. The van der Waals surface area contributed by atoms with E-state index in [1.165, 1.54) is 16.8 Å². The fraction of sp³-hybridized carbons (Fsp3) is 0.0909. The van der Waals surface area contributed by atoms with Crippen LogP contribution >= 0.6 is 0 Å². The van der Waals surface area contributed by atoms with E-state index < -0.39 is 6.03 Å². The smallest absolute Gasteiger partial charge is 0.317 e. The van der Waals surface area contributed by atoms with Crippen LogP contribution in [0.5, 0.6) is 0 Å². The van der Waals surface area contributed by atoms with Crippen molar-refractivity contribution in [3.8, 4) is 11.3 Å². The predicted octanol–water partition coefficient (Wildman–Crippen LogP) is 1.72. The van der Waals surface area contributed by atoms with E-state index in [1.807, 2.05) is 0 Å². The van der Waals surface area contributed by atoms with Crippen LogP contribution in [0.3, 0.4) is 0 Å². The first kappa shape index (κ1) is 11.1. The Bertz CT molecular complexity index is 564. The zero-order valence-electron chi connectivity index (χ0n) is 9.14. The Morgan fingerprint density at radius 1 is 1.47 bits per heavy atom. The highest BCUT2D eigenvalue weighted by molar-refractivity contribution is 5.87. The first-order valence-corrected chi connectivity index (χ1v) is 4.92. The number of nitrogens with zero attached hydrogens (tertiary/aromatic N) is 2. The molecule has 0 aliphatic rings. The van der Waals surface area contributed by atoms with Crippen molar-refractivity contribution < 1.29 is 9.18 Å². The molecule has 0 fully saturated rings. The van der Waals surface area contributed by atoms with Crippen LogP contribution < -0.4 is 11.1 Å². The molecule has 0 aliphatic carbocycles. The topological polar surface area (TPSA) is 72.9 Å². The molecule has 0 saturated heterocycles. The molecule has 1 aromatic heterocycles. The molecule has 2 amide bonds. The van der Waals surface area contributed by atoms with Crippen LogP contribution in [0.1, 0.15) is 0 Å². The van der Waals surface area contributed by atoms with Gasteiger partial charge in [0.05, 0.1) is 5.69 Å². The number of aromatic nitrogens is 2. The van der Waals surface area contributed by atoms with Gasteiger partial charge in [-0.3, -0.25) is 10.00 Å². The number of benzene rings is 1.